The third-order valence-electron chi connectivity index (χ3n) is 4.30. The Morgan fingerprint density at radius 2 is 1.87 bits per heavy atom. The predicted molar refractivity (Wildman–Crippen MR) is 88.2 cm³/mol. The highest BCUT2D eigenvalue weighted by atomic mass is 19.1. The lowest BCUT2D eigenvalue weighted by atomic mass is 10.0. The van der Waals surface area contributed by atoms with Crippen molar-refractivity contribution < 1.29 is 9.18 Å². The molecule has 2 aromatic rings. The third kappa shape index (κ3) is 4.17. The number of carbonyl (C=O) groups is 1. The van der Waals surface area contributed by atoms with Crippen molar-refractivity contribution in [3.8, 4) is 0 Å². The number of rotatable bonds is 5. The van der Waals surface area contributed by atoms with E-state index in [1.807, 2.05) is 18.2 Å². The average molecular weight is 312 g/mol. The second-order valence-electron chi connectivity index (χ2n) is 5.94. The predicted octanol–water partition coefficient (Wildman–Crippen LogP) is 3.28. The Labute approximate surface area is 136 Å². The van der Waals surface area contributed by atoms with Gasteiger partial charge in [-0.05, 0) is 42.6 Å². The Hall–Kier alpha value is -2.20. The van der Waals surface area contributed by atoms with Crippen LogP contribution in [0.25, 0.3) is 0 Å². The molecule has 0 unspecified atom stereocenters. The summed E-state index contributed by atoms with van der Waals surface area (Å²) in [7, 11) is 0. The van der Waals surface area contributed by atoms with E-state index in [0.29, 0.717) is 19.1 Å². The minimum Gasteiger partial charge on any atom is -0.351 e. The third-order valence-corrected chi connectivity index (χ3v) is 4.30. The second-order valence-corrected chi connectivity index (χ2v) is 5.94. The van der Waals surface area contributed by atoms with Gasteiger partial charge in [0.1, 0.15) is 5.82 Å². The molecule has 23 heavy (non-hydrogen) atoms. The Balaban J connectivity index is 1.53. The molecule has 1 aliphatic rings. The van der Waals surface area contributed by atoms with Crippen molar-refractivity contribution in [3.63, 3.8) is 0 Å². The van der Waals surface area contributed by atoms with Gasteiger partial charge in [0, 0.05) is 12.6 Å². The van der Waals surface area contributed by atoms with E-state index in [9.17, 15) is 9.18 Å². The maximum atomic E-state index is 12.9. The van der Waals surface area contributed by atoms with Crippen molar-refractivity contribution in [2.24, 2.45) is 0 Å². The smallest absolute Gasteiger partial charge is 0.234 e. The van der Waals surface area contributed by atoms with E-state index in [1.54, 1.807) is 12.1 Å². The van der Waals surface area contributed by atoms with Gasteiger partial charge >= 0.3 is 0 Å². The van der Waals surface area contributed by atoms with Gasteiger partial charge in [-0.2, -0.15) is 0 Å². The number of hydrogen-bond acceptors (Lipinski definition) is 2. The zero-order chi connectivity index (χ0) is 16.1. The van der Waals surface area contributed by atoms with Crippen LogP contribution in [0.2, 0.25) is 0 Å². The largest absolute Gasteiger partial charge is 0.351 e. The minimum absolute atomic E-state index is 0.0113. The fraction of sp³-hybridized carbons (Fsp3) is 0.316. The number of likely N-dealkylation sites (tertiary alicyclic amines) is 1. The van der Waals surface area contributed by atoms with Gasteiger partial charge in [0.25, 0.3) is 0 Å². The van der Waals surface area contributed by atoms with Crippen LogP contribution in [-0.4, -0.2) is 23.9 Å². The van der Waals surface area contributed by atoms with E-state index in [4.69, 9.17) is 0 Å². The van der Waals surface area contributed by atoms with Gasteiger partial charge in [0.15, 0.2) is 0 Å². The van der Waals surface area contributed by atoms with Crippen molar-refractivity contribution in [2.75, 3.05) is 13.1 Å². The van der Waals surface area contributed by atoms with Crippen LogP contribution in [0.3, 0.4) is 0 Å². The van der Waals surface area contributed by atoms with Crippen LogP contribution >= 0.6 is 0 Å². The minimum atomic E-state index is -0.261. The lowest BCUT2D eigenvalue weighted by Gasteiger charge is -2.24. The first kappa shape index (κ1) is 15.7. The van der Waals surface area contributed by atoms with E-state index in [0.717, 1.165) is 24.9 Å². The molecular formula is C19H21FN2O. The molecule has 1 amide bonds. The molecule has 0 saturated carbocycles. The molecule has 1 N–H and O–H groups in total. The van der Waals surface area contributed by atoms with Gasteiger partial charge in [-0.1, -0.05) is 42.5 Å². The number of benzene rings is 2. The molecule has 3 nitrogen and oxygen atoms in total. The molecular weight excluding hydrogens is 291 g/mol. The summed E-state index contributed by atoms with van der Waals surface area (Å²) >= 11 is 0. The summed E-state index contributed by atoms with van der Waals surface area (Å²) in [6, 6.07) is 16.9. The number of hydrogen-bond donors (Lipinski definition) is 1. The van der Waals surface area contributed by atoms with Crippen molar-refractivity contribution in [2.45, 2.75) is 25.4 Å². The lowest BCUT2D eigenvalue weighted by Crippen LogP contribution is -2.36. The molecule has 1 saturated heterocycles. The van der Waals surface area contributed by atoms with E-state index in [-0.39, 0.29) is 11.7 Å². The molecule has 1 aliphatic heterocycles. The molecule has 0 aliphatic carbocycles. The quantitative estimate of drug-likeness (QED) is 0.919. The fourth-order valence-electron chi connectivity index (χ4n) is 3.11. The lowest BCUT2D eigenvalue weighted by molar-refractivity contribution is -0.122. The molecule has 0 spiro atoms. The Morgan fingerprint density at radius 3 is 2.61 bits per heavy atom. The van der Waals surface area contributed by atoms with E-state index in [2.05, 4.69) is 22.3 Å². The van der Waals surface area contributed by atoms with Gasteiger partial charge in [0.2, 0.25) is 5.91 Å². The highest BCUT2D eigenvalue weighted by Crippen LogP contribution is 2.31. The topological polar surface area (TPSA) is 32.3 Å². The summed E-state index contributed by atoms with van der Waals surface area (Å²) in [6.45, 7) is 1.78. The first-order valence-corrected chi connectivity index (χ1v) is 8.02. The average Bonchev–Trinajstić information content (AvgIpc) is 3.03. The molecule has 2 aromatic carbocycles. The van der Waals surface area contributed by atoms with E-state index in [1.165, 1.54) is 17.7 Å². The Bertz CT molecular complexity index is 642. The van der Waals surface area contributed by atoms with Crippen molar-refractivity contribution in [3.05, 3.63) is 71.5 Å². The molecule has 120 valence electrons. The summed E-state index contributed by atoms with van der Waals surface area (Å²) in [5, 5.41) is 2.91. The first-order valence-electron chi connectivity index (χ1n) is 8.02. The number of amides is 1. The van der Waals surface area contributed by atoms with Gasteiger partial charge in [-0.25, -0.2) is 4.39 Å². The van der Waals surface area contributed by atoms with E-state index < -0.39 is 0 Å². The monoisotopic (exact) mass is 312 g/mol. The van der Waals surface area contributed by atoms with Gasteiger partial charge in [-0.15, -0.1) is 0 Å². The second kappa shape index (κ2) is 7.38. The van der Waals surface area contributed by atoms with Crippen LogP contribution in [0.4, 0.5) is 4.39 Å². The fourth-order valence-corrected chi connectivity index (χ4v) is 3.11. The van der Waals surface area contributed by atoms with Crippen LogP contribution in [0.1, 0.15) is 30.0 Å². The molecule has 1 heterocycles. The van der Waals surface area contributed by atoms with Crippen LogP contribution in [0.5, 0.6) is 0 Å². The Kier molecular flexibility index (Phi) is 5.03. The highest BCUT2D eigenvalue weighted by Gasteiger charge is 2.27. The van der Waals surface area contributed by atoms with Crippen LogP contribution in [-0.2, 0) is 11.3 Å². The maximum Gasteiger partial charge on any atom is 0.234 e. The first-order chi connectivity index (χ1) is 11.2. The summed E-state index contributed by atoms with van der Waals surface area (Å²) in [6.07, 6.45) is 2.21. The number of halogens is 1. The molecule has 4 heteroatoms. The van der Waals surface area contributed by atoms with Crippen LogP contribution in [0.15, 0.2) is 54.6 Å². The molecule has 3 rings (SSSR count). The summed E-state index contributed by atoms with van der Waals surface area (Å²) in [5.74, 6) is -0.250. The normalized spacial score (nSPS) is 18.0. The molecule has 0 radical (unpaired) electrons. The molecule has 0 aromatic heterocycles. The van der Waals surface area contributed by atoms with Crippen molar-refractivity contribution in [1.29, 1.82) is 0 Å². The number of carbonyl (C=O) groups excluding carboxylic acids is 1. The van der Waals surface area contributed by atoms with Crippen LogP contribution < -0.4 is 5.32 Å². The SMILES string of the molecule is O=C(CN1CCC[C@H]1c1ccccc1)NCc1ccc(F)cc1. The Morgan fingerprint density at radius 1 is 1.13 bits per heavy atom. The van der Waals surface area contributed by atoms with Gasteiger partial charge in [-0.3, -0.25) is 9.69 Å². The molecule has 1 atom stereocenters. The zero-order valence-electron chi connectivity index (χ0n) is 13.0. The van der Waals surface area contributed by atoms with Gasteiger partial charge < -0.3 is 5.32 Å². The summed E-state index contributed by atoms with van der Waals surface area (Å²) in [4.78, 5) is 14.4. The molecule has 0 bridgehead atoms. The van der Waals surface area contributed by atoms with Crippen LogP contribution in [0, 0.1) is 5.82 Å². The maximum absolute atomic E-state index is 12.9. The summed E-state index contributed by atoms with van der Waals surface area (Å²) in [5.41, 5.74) is 2.18. The van der Waals surface area contributed by atoms with Gasteiger partial charge in [0.05, 0.1) is 6.54 Å². The highest BCUT2D eigenvalue weighted by molar-refractivity contribution is 5.78. The number of nitrogens with zero attached hydrogens (tertiary/aromatic N) is 1. The zero-order valence-corrected chi connectivity index (χ0v) is 13.0. The van der Waals surface area contributed by atoms with Crippen molar-refractivity contribution >= 4 is 5.91 Å². The van der Waals surface area contributed by atoms with Crippen molar-refractivity contribution in [1.82, 2.24) is 10.2 Å². The number of nitrogens with one attached hydrogen (secondary N) is 1. The van der Waals surface area contributed by atoms with E-state index >= 15 is 0 Å². The standard InChI is InChI=1S/C19H21FN2O/c20-17-10-8-15(9-11-17)13-21-19(23)14-22-12-4-7-18(22)16-5-2-1-3-6-16/h1-3,5-6,8-11,18H,4,7,12-14H2,(H,21,23)/t18-/m0/s1. The summed E-state index contributed by atoms with van der Waals surface area (Å²) < 4.78 is 12.9. The molecule has 1 fully saturated rings.